The molecular formula is C55H88N18O15. The number of aromatic amines is 1. The van der Waals surface area contributed by atoms with Gasteiger partial charge in [0.15, 0.2) is 5.96 Å². The molecule has 0 aliphatic carbocycles. The van der Waals surface area contributed by atoms with E-state index < -0.39 is 169 Å². The summed E-state index contributed by atoms with van der Waals surface area (Å²) in [5.41, 5.74) is 28.1. The van der Waals surface area contributed by atoms with Gasteiger partial charge in [-0.3, -0.25) is 62.5 Å². The van der Waals surface area contributed by atoms with Crippen molar-refractivity contribution in [2.24, 2.45) is 45.5 Å². The normalized spacial score (nSPS) is 17.0. The first-order chi connectivity index (χ1) is 41.5. The maximum atomic E-state index is 14.6. The number of guanidine groups is 1. The van der Waals surface area contributed by atoms with E-state index in [1.165, 1.54) is 24.3 Å². The van der Waals surface area contributed by atoms with Crippen molar-refractivity contribution in [3.05, 3.63) is 54.1 Å². The van der Waals surface area contributed by atoms with E-state index in [4.69, 9.17) is 28.7 Å². The first-order valence-electron chi connectivity index (χ1n) is 28.8. The molecule has 2 heterocycles. The van der Waals surface area contributed by atoms with Crippen LogP contribution in [0.15, 0.2) is 47.8 Å². The highest BCUT2D eigenvalue weighted by Crippen LogP contribution is 2.22. The highest BCUT2D eigenvalue weighted by Gasteiger charge is 2.42. The second-order valence-corrected chi connectivity index (χ2v) is 22.0. The van der Waals surface area contributed by atoms with Crippen LogP contribution < -0.4 is 76.5 Å². The minimum atomic E-state index is -1.91. The Balaban J connectivity index is 1.89. The number of primary amides is 2. The lowest BCUT2D eigenvalue weighted by molar-refractivity contribution is -0.144. The Hall–Kier alpha value is -8.82. The highest BCUT2D eigenvalue weighted by molar-refractivity contribution is 6.00. The van der Waals surface area contributed by atoms with Gasteiger partial charge in [0.25, 0.3) is 0 Å². The summed E-state index contributed by atoms with van der Waals surface area (Å²) in [5.74, 6) is -12.5. The van der Waals surface area contributed by atoms with Crippen LogP contribution in [0.5, 0.6) is 0 Å². The fourth-order valence-corrected chi connectivity index (χ4v) is 9.17. The van der Waals surface area contributed by atoms with Gasteiger partial charge >= 0.3 is 0 Å². The number of rotatable bonds is 37. The molecule has 0 unspecified atom stereocenters. The van der Waals surface area contributed by atoms with E-state index in [-0.39, 0.29) is 63.5 Å². The average Bonchev–Trinajstić information content (AvgIpc) is 4.24. The number of H-pyrrole nitrogens is 1. The quantitative estimate of drug-likeness (QED) is 0.0170. The number of imidazole rings is 1. The van der Waals surface area contributed by atoms with E-state index in [9.17, 15) is 72.9 Å². The summed E-state index contributed by atoms with van der Waals surface area (Å²) >= 11 is 0. The van der Waals surface area contributed by atoms with E-state index in [0.29, 0.717) is 24.1 Å². The van der Waals surface area contributed by atoms with Crippen LogP contribution in [0.4, 0.5) is 0 Å². The molecule has 0 spiro atoms. The number of aromatic nitrogens is 2. The number of benzene rings is 1. The van der Waals surface area contributed by atoms with Crippen molar-refractivity contribution in [2.45, 2.75) is 172 Å². The number of hydrogen-bond donors (Lipinski definition) is 18. The number of aliphatic hydroxyl groups is 3. The van der Waals surface area contributed by atoms with Crippen molar-refractivity contribution < 1.29 is 72.9 Å². The molecule has 13 atom stereocenters. The number of carbonyl (C=O) groups is 12. The van der Waals surface area contributed by atoms with Crippen molar-refractivity contribution in [3.63, 3.8) is 0 Å². The SMILES string of the molecule is CC[C@H](C)[C@H](NC(=O)[C@H](Cc1ccccc1)NC(=O)[C@@H](NC(=O)[C@H](CC(N)=O)NC(=O)[C@H](Cc1cnc[nH]1)NC(=O)[C@H](CC(C)C)NC(=O)[C@H](CO)NC(=O)[C@H](C)N)[C@@H](C)O)C(=O)N1CCC[C@H]1C(=O)N[C@@H](CO)C(=O)N[C@@H](CCCN=C(N)N)C(N)=O. The number of nitrogens with two attached hydrogens (primary N) is 5. The largest absolute Gasteiger partial charge is 0.394 e. The summed E-state index contributed by atoms with van der Waals surface area (Å²) in [5, 5.41) is 53.2. The molecule has 1 aromatic heterocycles. The molecular weight excluding hydrogens is 1150 g/mol. The molecule has 1 aromatic carbocycles. The monoisotopic (exact) mass is 1240 g/mol. The molecule has 12 amide bonds. The minimum Gasteiger partial charge on any atom is -0.394 e. The van der Waals surface area contributed by atoms with Gasteiger partial charge in [0.05, 0.1) is 38.1 Å². The molecule has 1 fully saturated rings. The Kier molecular flexibility index (Phi) is 30.3. The van der Waals surface area contributed by atoms with E-state index in [0.717, 1.165) is 6.92 Å². The molecule has 0 saturated carbocycles. The molecule has 23 N–H and O–H groups in total. The highest BCUT2D eigenvalue weighted by atomic mass is 16.3. The predicted octanol–water partition coefficient (Wildman–Crippen LogP) is -7.23. The minimum absolute atomic E-state index is 0.0123. The lowest BCUT2D eigenvalue weighted by Gasteiger charge is -2.33. The first kappa shape index (κ1) is 73.4. The smallest absolute Gasteiger partial charge is 0.246 e. The lowest BCUT2D eigenvalue weighted by atomic mass is 9.96. The van der Waals surface area contributed by atoms with E-state index in [1.54, 1.807) is 58.0 Å². The van der Waals surface area contributed by atoms with Crippen molar-refractivity contribution in [3.8, 4) is 0 Å². The Morgan fingerprint density at radius 1 is 0.659 bits per heavy atom. The fraction of sp³-hybridized carbons (Fsp3) is 0.600. The molecule has 88 heavy (non-hydrogen) atoms. The third-order valence-corrected chi connectivity index (χ3v) is 14.2. The van der Waals surface area contributed by atoms with Crippen LogP contribution >= 0.6 is 0 Å². The van der Waals surface area contributed by atoms with Crippen molar-refractivity contribution in [1.82, 2.24) is 62.7 Å². The van der Waals surface area contributed by atoms with Gasteiger partial charge in [-0.15, -0.1) is 0 Å². The molecule has 2 aromatic rings. The summed E-state index contributed by atoms with van der Waals surface area (Å²) < 4.78 is 0. The van der Waals surface area contributed by atoms with Gasteiger partial charge in [0.1, 0.15) is 60.4 Å². The van der Waals surface area contributed by atoms with Gasteiger partial charge in [-0.1, -0.05) is 64.4 Å². The van der Waals surface area contributed by atoms with E-state index in [1.807, 2.05) is 0 Å². The van der Waals surface area contributed by atoms with Crippen molar-refractivity contribution in [1.29, 1.82) is 0 Å². The Labute approximate surface area is 508 Å². The maximum Gasteiger partial charge on any atom is 0.246 e. The van der Waals surface area contributed by atoms with Crippen LogP contribution in [0.2, 0.25) is 0 Å². The number of carbonyl (C=O) groups excluding carboxylic acids is 12. The first-order valence-corrected chi connectivity index (χ1v) is 28.8. The molecule has 1 aliphatic heterocycles. The standard InChI is InChI=1S/C55H88N18O15/c1-7-28(4)42(54(88)73-18-12-16-40(73)52(86)70-39(25-75)50(84)64-33(44(58)78)15-11-17-62-55(59)60)71-48(82)35(20-31-13-9-8-10-14-31)68-53(87)43(30(6)76)72-49(83)37(22-41(57)77)67-47(81)36(21-32-23-61-26-63-32)66-46(80)34(19-27(2)3)65-51(85)38(24-74)69-45(79)29(5)56/h8-10,13-14,23,26-30,33-40,42-43,74-76H,7,11-12,15-22,24-25,56H2,1-6H3,(H2,57,77)(H2,58,78)(H,61,63)(H,64,84)(H,65,85)(H,66,80)(H,67,81)(H,68,87)(H,69,79)(H,70,86)(H,71,82)(H,72,83)(H4,59,60,62)/t28-,29-,30+,33-,34-,35-,36-,37-,38-,39-,40-,42-,43-/m0/s1. The molecule has 0 bridgehead atoms. The van der Waals surface area contributed by atoms with Crippen LogP contribution in [-0.4, -0.2) is 206 Å². The molecule has 0 radical (unpaired) electrons. The molecule has 33 nitrogen and oxygen atoms in total. The Morgan fingerprint density at radius 3 is 1.73 bits per heavy atom. The molecule has 3 rings (SSSR count). The van der Waals surface area contributed by atoms with Gasteiger partial charge in [0, 0.05) is 37.8 Å². The summed E-state index contributed by atoms with van der Waals surface area (Å²) in [6.45, 7) is 7.74. The van der Waals surface area contributed by atoms with Crippen molar-refractivity contribution in [2.75, 3.05) is 26.3 Å². The molecule has 1 aliphatic rings. The average molecular weight is 1240 g/mol. The maximum absolute atomic E-state index is 14.6. The number of aliphatic imine (C=N–C) groups is 1. The summed E-state index contributed by atoms with van der Waals surface area (Å²) in [7, 11) is 0. The van der Waals surface area contributed by atoms with Crippen LogP contribution in [0.1, 0.15) is 97.7 Å². The third kappa shape index (κ3) is 23.8. The van der Waals surface area contributed by atoms with Gasteiger partial charge in [-0.25, -0.2) is 4.98 Å². The van der Waals surface area contributed by atoms with Gasteiger partial charge in [-0.2, -0.15) is 0 Å². The van der Waals surface area contributed by atoms with Crippen molar-refractivity contribution >= 4 is 76.8 Å². The molecule has 33 heteroatoms. The zero-order valence-corrected chi connectivity index (χ0v) is 50.3. The zero-order chi connectivity index (χ0) is 65.9. The number of aliphatic hydroxyl groups excluding tert-OH is 3. The zero-order valence-electron chi connectivity index (χ0n) is 50.3. The van der Waals surface area contributed by atoms with Crippen LogP contribution in [0, 0.1) is 11.8 Å². The third-order valence-electron chi connectivity index (χ3n) is 14.2. The Morgan fingerprint density at radius 2 is 1.18 bits per heavy atom. The second-order valence-electron chi connectivity index (χ2n) is 22.0. The van der Waals surface area contributed by atoms with E-state index in [2.05, 4.69) is 62.8 Å². The number of nitrogens with zero attached hydrogens (tertiary/aromatic N) is 3. The summed E-state index contributed by atoms with van der Waals surface area (Å²) in [4.78, 5) is 175. The predicted molar refractivity (Wildman–Crippen MR) is 316 cm³/mol. The van der Waals surface area contributed by atoms with Crippen LogP contribution in [0.25, 0.3) is 0 Å². The fourth-order valence-electron chi connectivity index (χ4n) is 9.17. The lowest BCUT2D eigenvalue weighted by Crippen LogP contribution is -2.63. The van der Waals surface area contributed by atoms with Gasteiger partial charge < -0.3 is 102 Å². The number of likely N-dealkylation sites (tertiary alicyclic amines) is 1. The van der Waals surface area contributed by atoms with Crippen LogP contribution in [0.3, 0.4) is 0 Å². The molecule has 1 saturated heterocycles. The van der Waals surface area contributed by atoms with Gasteiger partial charge in [0.2, 0.25) is 70.9 Å². The van der Waals surface area contributed by atoms with Gasteiger partial charge in [-0.05, 0) is 63.4 Å². The summed E-state index contributed by atoms with van der Waals surface area (Å²) in [6, 6.07) is -7.85. The molecule has 488 valence electrons. The number of nitrogens with one attached hydrogen (secondary N) is 10. The number of amides is 12. The van der Waals surface area contributed by atoms with Crippen LogP contribution in [-0.2, 0) is 70.4 Å². The summed E-state index contributed by atoms with van der Waals surface area (Å²) in [6.07, 6.45) is 0.460. The number of hydrogen-bond acceptors (Lipinski definition) is 18. The Bertz CT molecular complexity index is 2730. The van der Waals surface area contributed by atoms with E-state index >= 15 is 0 Å². The topological polar surface area (TPSA) is 548 Å². The second kappa shape index (κ2) is 36.4.